The Morgan fingerprint density at radius 3 is 2.41 bits per heavy atom. The lowest BCUT2D eigenvalue weighted by Gasteiger charge is -2.16. The molecule has 0 fully saturated rings. The molecular weight excluding hydrogens is 459 g/mol. The van der Waals surface area contributed by atoms with Crippen LogP contribution in [0.4, 0.5) is 22.0 Å². The zero-order valence-corrected chi connectivity index (χ0v) is 18.3. The van der Waals surface area contributed by atoms with E-state index in [4.69, 9.17) is 4.74 Å². The first-order valence-corrected chi connectivity index (χ1v) is 10.3. The van der Waals surface area contributed by atoms with Crippen LogP contribution in [0, 0.1) is 11.6 Å². The molecule has 0 aliphatic heterocycles. The third-order valence-electron chi connectivity index (χ3n) is 5.36. The molecular formula is C24H21F5N2O3. The van der Waals surface area contributed by atoms with Gasteiger partial charge in [0.05, 0.1) is 12.7 Å². The summed E-state index contributed by atoms with van der Waals surface area (Å²) in [5, 5.41) is 0. The summed E-state index contributed by atoms with van der Waals surface area (Å²) in [6.07, 6.45) is -4.62. The van der Waals surface area contributed by atoms with E-state index >= 15 is 0 Å². The van der Waals surface area contributed by atoms with Gasteiger partial charge in [0.1, 0.15) is 17.3 Å². The quantitative estimate of drug-likeness (QED) is 0.345. The van der Waals surface area contributed by atoms with Gasteiger partial charge < -0.3 is 9.72 Å². The zero-order valence-electron chi connectivity index (χ0n) is 18.3. The van der Waals surface area contributed by atoms with E-state index < -0.39 is 40.6 Å². The van der Waals surface area contributed by atoms with Gasteiger partial charge in [-0.3, -0.25) is 9.59 Å². The Balaban J connectivity index is 1.81. The maximum Gasteiger partial charge on any atom is 0.419 e. The summed E-state index contributed by atoms with van der Waals surface area (Å²) in [6.45, 7) is 1.71. The van der Waals surface area contributed by atoms with Crippen LogP contribution >= 0.6 is 0 Å². The molecule has 10 heteroatoms. The fourth-order valence-corrected chi connectivity index (χ4v) is 3.59. The lowest BCUT2D eigenvalue weighted by molar-refractivity contribution is -0.140. The molecule has 0 bridgehead atoms. The average Bonchev–Trinajstić information content (AvgIpc) is 2.76. The maximum absolute atomic E-state index is 14.0. The first kappa shape index (κ1) is 25.1. The fourth-order valence-electron chi connectivity index (χ4n) is 3.59. The number of nitrogens with zero attached hydrogens (tertiary/aromatic N) is 1. The monoisotopic (exact) mass is 480 g/mol. The van der Waals surface area contributed by atoms with Crippen molar-refractivity contribution in [2.24, 2.45) is 0 Å². The number of nitrogens with one attached hydrogen (secondary N) is 1. The molecule has 5 nitrogen and oxygen atoms in total. The van der Waals surface area contributed by atoms with Gasteiger partial charge in [0, 0.05) is 18.9 Å². The van der Waals surface area contributed by atoms with E-state index in [0.29, 0.717) is 18.1 Å². The number of hydrogen-bond acceptors (Lipinski definition) is 4. The van der Waals surface area contributed by atoms with Gasteiger partial charge in [0.2, 0.25) is 0 Å². The topological polar surface area (TPSA) is 72.0 Å². The summed E-state index contributed by atoms with van der Waals surface area (Å²) in [4.78, 5) is 31.6. The molecule has 0 unspecified atom stereocenters. The van der Waals surface area contributed by atoms with Crippen molar-refractivity contribution < 1.29 is 31.5 Å². The number of carbonyl (C=O) groups is 1. The Kier molecular flexibility index (Phi) is 7.48. The standard InChI is InChI=1S/C24H21F5N2O3/c1-3-14(15-5-6-16(17(25)10-15)24(27,28)29)11-20(32)19-12-23(33)31-22(30-19)9-13-4-7-21(34-2)18(26)8-13/h4-8,10,12,14H,3,9,11H2,1-2H3,(H,30,31,33)/t14-/m0/s1. The highest BCUT2D eigenvalue weighted by Gasteiger charge is 2.34. The van der Waals surface area contributed by atoms with E-state index in [1.807, 2.05) is 0 Å². The summed E-state index contributed by atoms with van der Waals surface area (Å²) in [5.41, 5.74) is -1.39. The van der Waals surface area contributed by atoms with Crippen LogP contribution in [0.25, 0.3) is 0 Å². The van der Waals surface area contributed by atoms with Crippen molar-refractivity contribution in [2.75, 3.05) is 7.11 Å². The molecule has 0 spiro atoms. The molecule has 1 heterocycles. The second kappa shape index (κ2) is 10.1. The number of aromatic nitrogens is 2. The highest BCUT2D eigenvalue weighted by molar-refractivity contribution is 5.94. The van der Waals surface area contributed by atoms with Crippen LogP contribution in [0.15, 0.2) is 47.3 Å². The Labute approximate surface area is 191 Å². The van der Waals surface area contributed by atoms with E-state index in [9.17, 15) is 31.5 Å². The summed E-state index contributed by atoms with van der Waals surface area (Å²) in [5.74, 6) is -2.93. The molecule has 0 radical (unpaired) electrons. The number of H-pyrrole nitrogens is 1. The number of alkyl halides is 3. The SMILES string of the molecule is CC[C@@H](CC(=O)c1cc(=O)[nH]c(Cc2ccc(OC)c(F)c2)n1)c1ccc(C(F)(F)F)c(F)c1. The first-order chi connectivity index (χ1) is 16.0. The first-order valence-electron chi connectivity index (χ1n) is 10.3. The third-order valence-corrected chi connectivity index (χ3v) is 5.36. The van der Waals surface area contributed by atoms with Crippen molar-refractivity contribution in [3.8, 4) is 5.75 Å². The minimum absolute atomic E-state index is 0.0403. The molecule has 3 aromatic rings. The number of Topliss-reactive ketones (excluding diaryl/α,β-unsaturated/α-hetero) is 1. The largest absolute Gasteiger partial charge is 0.494 e. The molecule has 0 aliphatic rings. The predicted octanol–water partition coefficient (Wildman–Crippen LogP) is 5.43. The Morgan fingerprint density at radius 1 is 1.09 bits per heavy atom. The lowest BCUT2D eigenvalue weighted by Crippen LogP contribution is -2.18. The maximum atomic E-state index is 14.0. The number of hydrogen-bond donors (Lipinski definition) is 1. The van der Waals surface area contributed by atoms with Crippen molar-refractivity contribution in [3.63, 3.8) is 0 Å². The van der Waals surface area contributed by atoms with Crippen molar-refractivity contribution >= 4 is 5.78 Å². The van der Waals surface area contributed by atoms with E-state index in [2.05, 4.69) is 9.97 Å². The van der Waals surface area contributed by atoms with Gasteiger partial charge in [-0.2, -0.15) is 13.2 Å². The molecule has 1 atom stereocenters. The molecule has 0 amide bonds. The second-order valence-electron chi connectivity index (χ2n) is 7.69. The highest BCUT2D eigenvalue weighted by atomic mass is 19.4. The van der Waals surface area contributed by atoms with Gasteiger partial charge in [-0.15, -0.1) is 0 Å². The van der Waals surface area contributed by atoms with Crippen molar-refractivity contribution in [3.05, 3.63) is 92.7 Å². The third kappa shape index (κ3) is 5.86. The predicted molar refractivity (Wildman–Crippen MR) is 114 cm³/mol. The van der Waals surface area contributed by atoms with Crippen LogP contribution in [0.5, 0.6) is 5.75 Å². The average molecular weight is 480 g/mol. The van der Waals surface area contributed by atoms with E-state index in [-0.39, 0.29) is 35.7 Å². The molecule has 0 aliphatic carbocycles. The van der Waals surface area contributed by atoms with Gasteiger partial charge in [-0.25, -0.2) is 13.8 Å². The molecule has 0 saturated carbocycles. The van der Waals surface area contributed by atoms with Crippen LogP contribution in [0.2, 0.25) is 0 Å². The number of ketones is 1. The smallest absolute Gasteiger partial charge is 0.419 e. The minimum Gasteiger partial charge on any atom is -0.494 e. The van der Waals surface area contributed by atoms with Crippen LogP contribution in [0.3, 0.4) is 0 Å². The van der Waals surface area contributed by atoms with Crippen molar-refractivity contribution in [1.29, 1.82) is 0 Å². The number of carbonyl (C=O) groups excluding carboxylic acids is 1. The van der Waals surface area contributed by atoms with Crippen molar-refractivity contribution in [2.45, 2.75) is 38.3 Å². The Hall–Kier alpha value is -3.56. The van der Waals surface area contributed by atoms with E-state index in [1.54, 1.807) is 13.0 Å². The number of benzene rings is 2. The Bertz CT molecular complexity index is 1250. The molecule has 3 rings (SSSR count). The summed E-state index contributed by atoms with van der Waals surface area (Å²) in [7, 11) is 1.33. The van der Waals surface area contributed by atoms with E-state index in [1.165, 1.54) is 19.2 Å². The number of methoxy groups -OCH3 is 1. The molecule has 0 saturated heterocycles. The van der Waals surface area contributed by atoms with Crippen LogP contribution in [-0.2, 0) is 12.6 Å². The zero-order chi connectivity index (χ0) is 25.0. The number of halogens is 5. The van der Waals surface area contributed by atoms with Crippen LogP contribution < -0.4 is 10.3 Å². The summed E-state index contributed by atoms with van der Waals surface area (Å²) < 4.78 is 71.3. The van der Waals surface area contributed by atoms with Crippen LogP contribution in [0.1, 0.15) is 58.7 Å². The summed E-state index contributed by atoms with van der Waals surface area (Å²) >= 11 is 0. The van der Waals surface area contributed by atoms with E-state index in [0.717, 1.165) is 18.2 Å². The normalized spacial score (nSPS) is 12.4. The molecule has 1 aromatic heterocycles. The molecule has 180 valence electrons. The van der Waals surface area contributed by atoms with Gasteiger partial charge >= 0.3 is 6.18 Å². The lowest BCUT2D eigenvalue weighted by atomic mass is 9.90. The Morgan fingerprint density at radius 2 is 1.82 bits per heavy atom. The van der Waals surface area contributed by atoms with Crippen LogP contribution in [-0.4, -0.2) is 22.9 Å². The van der Waals surface area contributed by atoms with Crippen molar-refractivity contribution in [1.82, 2.24) is 9.97 Å². The number of rotatable bonds is 8. The molecule has 1 N–H and O–H groups in total. The summed E-state index contributed by atoms with van der Waals surface area (Å²) in [6, 6.07) is 7.81. The van der Waals surface area contributed by atoms with Gasteiger partial charge in [-0.1, -0.05) is 19.1 Å². The molecule has 34 heavy (non-hydrogen) atoms. The highest BCUT2D eigenvalue weighted by Crippen LogP contribution is 2.34. The number of aromatic amines is 1. The van der Waals surface area contributed by atoms with Gasteiger partial charge in [0.15, 0.2) is 17.3 Å². The fraction of sp³-hybridized carbons (Fsp3) is 0.292. The second-order valence-corrected chi connectivity index (χ2v) is 7.69. The van der Waals surface area contributed by atoms with Gasteiger partial charge in [-0.05, 0) is 47.7 Å². The number of ether oxygens (including phenoxy) is 1. The molecule has 2 aromatic carbocycles. The minimum atomic E-state index is -4.82. The van der Waals surface area contributed by atoms with Gasteiger partial charge in [0.25, 0.3) is 5.56 Å².